The van der Waals surface area contributed by atoms with Crippen molar-refractivity contribution in [2.75, 3.05) is 7.11 Å². The van der Waals surface area contributed by atoms with Gasteiger partial charge in [0.05, 0.1) is 7.11 Å². The number of hydrogen-bond acceptors (Lipinski definition) is 1. The fraction of sp³-hybridized carbons (Fsp3) is 0.0909. The van der Waals surface area contributed by atoms with Crippen molar-refractivity contribution in [1.29, 1.82) is 0 Å². The van der Waals surface area contributed by atoms with Gasteiger partial charge in [-0.1, -0.05) is 133 Å². The quantitative estimate of drug-likeness (QED) is 0.164. The fourth-order valence-electron chi connectivity index (χ4n) is 4.01. The van der Waals surface area contributed by atoms with E-state index >= 15 is 0 Å². The Morgan fingerprint density at radius 3 is 1.42 bits per heavy atom. The first kappa shape index (κ1) is 25.7. The van der Waals surface area contributed by atoms with E-state index < -0.39 is 7.92 Å². The minimum Gasteiger partial charge on any atom is -0.496 e. The molecular formula is C33H30ClOP. The maximum absolute atomic E-state index is 5.81. The molecule has 0 aliphatic rings. The molecule has 0 heterocycles. The number of methoxy groups -OCH3 is 1. The average Bonchev–Trinajstić information content (AvgIpc) is 2.96. The zero-order valence-electron chi connectivity index (χ0n) is 20.4. The number of rotatable bonds is 7. The molecule has 1 nitrogen and oxygen atoms in total. The summed E-state index contributed by atoms with van der Waals surface area (Å²) in [6.45, 7) is 0. The third kappa shape index (κ3) is 7.08. The van der Waals surface area contributed by atoms with Gasteiger partial charge >= 0.3 is 0 Å². The summed E-state index contributed by atoms with van der Waals surface area (Å²) in [5, 5.41) is 4.19. The van der Waals surface area contributed by atoms with Crippen LogP contribution >= 0.6 is 19.5 Å². The first-order valence-electron chi connectivity index (χ1n) is 12.0. The Morgan fingerprint density at radius 2 is 1.00 bits per heavy atom. The Bertz CT molecular complexity index is 1220. The molecule has 0 unspecified atom stereocenters. The summed E-state index contributed by atoms with van der Waals surface area (Å²) in [6.07, 6.45) is 0.882. The molecule has 5 rings (SSSR count). The monoisotopic (exact) mass is 508 g/mol. The van der Waals surface area contributed by atoms with Crippen LogP contribution in [0, 0.1) is 0 Å². The smallest absolute Gasteiger partial charge is 0.122 e. The van der Waals surface area contributed by atoms with E-state index in [1.807, 2.05) is 18.2 Å². The molecule has 0 aliphatic carbocycles. The molecule has 0 amide bonds. The van der Waals surface area contributed by atoms with E-state index in [4.69, 9.17) is 16.3 Å². The highest BCUT2D eigenvalue weighted by atomic mass is 35.5. The van der Waals surface area contributed by atoms with Gasteiger partial charge in [-0.2, -0.15) is 0 Å². The van der Waals surface area contributed by atoms with Crippen LogP contribution in [0.3, 0.4) is 0 Å². The lowest BCUT2D eigenvalue weighted by molar-refractivity contribution is 0.410. The summed E-state index contributed by atoms with van der Waals surface area (Å²) in [5.41, 5.74) is 3.55. The van der Waals surface area contributed by atoms with Gasteiger partial charge in [-0.25, -0.2) is 0 Å². The largest absolute Gasteiger partial charge is 0.496 e. The van der Waals surface area contributed by atoms with Crippen LogP contribution in [0.25, 0.3) is 0 Å². The molecule has 5 aromatic carbocycles. The SMILES string of the molecule is COc1cc(CCl)ccc1Cc1ccccc1.c1ccc(P(c2ccccc2)c2ccccc2)cc1. The van der Waals surface area contributed by atoms with Gasteiger partial charge in [0.25, 0.3) is 0 Å². The van der Waals surface area contributed by atoms with Crippen LogP contribution in [0.15, 0.2) is 140 Å². The summed E-state index contributed by atoms with van der Waals surface area (Å²) in [4.78, 5) is 0. The summed E-state index contributed by atoms with van der Waals surface area (Å²) < 4.78 is 5.40. The van der Waals surface area contributed by atoms with Gasteiger partial charge in [0.2, 0.25) is 0 Å². The molecule has 180 valence electrons. The Kier molecular flexibility index (Phi) is 9.74. The number of benzene rings is 5. The summed E-state index contributed by atoms with van der Waals surface area (Å²) in [7, 11) is 1.25. The van der Waals surface area contributed by atoms with Gasteiger partial charge in [-0.3, -0.25) is 0 Å². The second kappa shape index (κ2) is 13.6. The first-order valence-corrected chi connectivity index (χ1v) is 13.9. The standard InChI is InChI=1S/C18H15P.C15H15ClO/c1-4-10-16(11-5-1)19(17-12-6-2-7-13-17)18-14-8-3-9-15-18;1-17-15-10-13(11-16)7-8-14(15)9-12-5-3-2-4-6-12/h1-15H;2-8,10H,9,11H2,1H3. The second-order valence-corrected chi connectivity index (χ2v) is 10.8. The van der Waals surface area contributed by atoms with Gasteiger partial charge in [0.1, 0.15) is 5.75 Å². The molecule has 3 heteroatoms. The Morgan fingerprint density at radius 1 is 0.556 bits per heavy atom. The minimum atomic E-state index is -0.446. The van der Waals surface area contributed by atoms with Gasteiger partial charge in [-0.15, -0.1) is 11.6 Å². The summed E-state index contributed by atoms with van der Waals surface area (Å²) in [5.74, 6) is 1.43. The molecule has 36 heavy (non-hydrogen) atoms. The third-order valence-corrected chi connectivity index (χ3v) is 8.54. The third-order valence-electron chi connectivity index (χ3n) is 5.79. The molecule has 0 N–H and O–H groups in total. The number of ether oxygens (including phenoxy) is 1. The predicted octanol–water partition coefficient (Wildman–Crippen LogP) is 7.47. The van der Waals surface area contributed by atoms with Crippen molar-refractivity contribution < 1.29 is 4.74 Å². The molecule has 0 fully saturated rings. The van der Waals surface area contributed by atoms with E-state index in [0.717, 1.165) is 17.7 Å². The maximum atomic E-state index is 5.81. The van der Waals surface area contributed by atoms with E-state index in [1.165, 1.54) is 27.0 Å². The molecule has 0 atom stereocenters. The normalized spacial score (nSPS) is 10.4. The van der Waals surface area contributed by atoms with E-state index in [-0.39, 0.29) is 0 Å². The maximum Gasteiger partial charge on any atom is 0.122 e. The van der Waals surface area contributed by atoms with Crippen LogP contribution in [0.2, 0.25) is 0 Å². The Labute approximate surface area is 221 Å². The van der Waals surface area contributed by atoms with Crippen LogP contribution in [0.4, 0.5) is 0 Å². The molecule has 0 saturated heterocycles. The summed E-state index contributed by atoms with van der Waals surface area (Å²) >= 11 is 5.81. The topological polar surface area (TPSA) is 9.23 Å². The van der Waals surface area contributed by atoms with Gasteiger partial charge in [0, 0.05) is 12.3 Å². The molecule has 0 spiro atoms. The van der Waals surface area contributed by atoms with Crippen LogP contribution in [0.5, 0.6) is 5.75 Å². The van der Waals surface area contributed by atoms with Crippen molar-refractivity contribution in [2.45, 2.75) is 12.3 Å². The molecule has 5 aromatic rings. The highest BCUT2D eigenvalue weighted by molar-refractivity contribution is 7.79. The predicted molar refractivity (Wildman–Crippen MR) is 157 cm³/mol. The molecule has 0 aliphatic heterocycles. The van der Waals surface area contributed by atoms with E-state index in [1.54, 1.807) is 7.11 Å². The molecule has 0 aromatic heterocycles. The molecular weight excluding hydrogens is 479 g/mol. The number of hydrogen-bond donors (Lipinski definition) is 0. The van der Waals surface area contributed by atoms with Crippen molar-refractivity contribution in [3.63, 3.8) is 0 Å². The van der Waals surface area contributed by atoms with E-state index in [0.29, 0.717) is 5.88 Å². The summed E-state index contributed by atoms with van der Waals surface area (Å²) in [6, 6.07) is 48.8. The van der Waals surface area contributed by atoms with Crippen molar-refractivity contribution in [3.8, 4) is 5.75 Å². The van der Waals surface area contributed by atoms with Crippen LogP contribution < -0.4 is 20.7 Å². The van der Waals surface area contributed by atoms with E-state index in [2.05, 4.69) is 121 Å². The van der Waals surface area contributed by atoms with Crippen molar-refractivity contribution in [2.24, 2.45) is 0 Å². The number of alkyl halides is 1. The fourth-order valence-corrected chi connectivity index (χ4v) is 6.48. The number of halogens is 1. The Hall–Kier alpha value is -3.38. The Balaban J connectivity index is 0.000000170. The highest BCUT2D eigenvalue weighted by Crippen LogP contribution is 2.32. The van der Waals surface area contributed by atoms with Crippen LogP contribution in [-0.2, 0) is 12.3 Å². The van der Waals surface area contributed by atoms with Crippen LogP contribution in [0.1, 0.15) is 16.7 Å². The molecule has 0 radical (unpaired) electrons. The highest BCUT2D eigenvalue weighted by Gasteiger charge is 2.15. The minimum absolute atomic E-state index is 0.446. The zero-order chi connectivity index (χ0) is 25.0. The van der Waals surface area contributed by atoms with E-state index in [9.17, 15) is 0 Å². The van der Waals surface area contributed by atoms with Crippen molar-refractivity contribution >= 4 is 35.4 Å². The lowest BCUT2D eigenvalue weighted by Crippen LogP contribution is -2.20. The van der Waals surface area contributed by atoms with Gasteiger partial charge < -0.3 is 4.74 Å². The first-order chi connectivity index (χ1) is 17.8. The molecule has 0 bridgehead atoms. The van der Waals surface area contributed by atoms with Crippen LogP contribution in [-0.4, -0.2) is 7.11 Å². The second-order valence-electron chi connectivity index (χ2n) is 8.28. The average molecular weight is 509 g/mol. The molecule has 0 saturated carbocycles. The zero-order valence-corrected chi connectivity index (χ0v) is 22.1. The van der Waals surface area contributed by atoms with Crippen molar-refractivity contribution in [3.05, 3.63) is 156 Å². The van der Waals surface area contributed by atoms with Gasteiger partial charge in [-0.05, 0) is 46.6 Å². The lowest BCUT2D eigenvalue weighted by atomic mass is 10.0. The van der Waals surface area contributed by atoms with Gasteiger partial charge in [0.15, 0.2) is 0 Å². The lowest BCUT2D eigenvalue weighted by Gasteiger charge is -2.18. The van der Waals surface area contributed by atoms with Crippen molar-refractivity contribution in [1.82, 2.24) is 0 Å².